The van der Waals surface area contributed by atoms with Crippen molar-refractivity contribution < 1.29 is 19.1 Å². The van der Waals surface area contributed by atoms with Crippen LogP contribution in [-0.4, -0.2) is 17.7 Å². The highest BCUT2D eigenvalue weighted by Crippen LogP contribution is 2.19. The molecule has 0 aliphatic carbocycles. The zero-order chi connectivity index (χ0) is 8.43. The molecular weight excluding hydrogens is 148 g/mol. The summed E-state index contributed by atoms with van der Waals surface area (Å²) >= 11 is 0. The summed E-state index contributed by atoms with van der Waals surface area (Å²) in [5, 5.41) is 0. The zero-order valence-electron chi connectivity index (χ0n) is 6.12. The van der Waals surface area contributed by atoms with Crippen LogP contribution in [0.15, 0.2) is 0 Å². The van der Waals surface area contributed by atoms with Gasteiger partial charge in [-0.1, -0.05) is 0 Å². The maximum Gasteiger partial charge on any atom is 0.317 e. The van der Waals surface area contributed by atoms with Gasteiger partial charge >= 0.3 is 11.9 Å². The summed E-state index contributed by atoms with van der Waals surface area (Å²) in [6, 6.07) is 0. The molecule has 0 bridgehead atoms. The lowest BCUT2D eigenvalue weighted by Crippen LogP contribution is -2.10. The number of carbonyl (C=O) groups is 3. The van der Waals surface area contributed by atoms with E-state index >= 15 is 0 Å². The molecule has 4 heteroatoms. The highest BCUT2D eigenvalue weighted by Gasteiger charge is 2.33. The van der Waals surface area contributed by atoms with E-state index in [1.807, 2.05) is 0 Å². The molecule has 1 aliphatic rings. The van der Waals surface area contributed by atoms with Crippen molar-refractivity contribution in [2.75, 3.05) is 0 Å². The molecule has 0 amide bonds. The summed E-state index contributed by atoms with van der Waals surface area (Å²) in [6.07, 6.45) is 0.170. The van der Waals surface area contributed by atoms with E-state index in [9.17, 15) is 14.4 Å². The number of Topliss-reactive ketones (excluding diaryl/α,β-unsaturated/α-hetero) is 1. The number of ketones is 1. The van der Waals surface area contributed by atoms with Gasteiger partial charge in [-0.3, -0.25) is 9.59 Å². The summed E-state index contributed by atoms with van der Waals surface area (Å²) in [4.78, 5) is 31.7. The van der Waals surface area contributed by atoms with E-state index in [1.54, 1.807) is 0 Å². The van der Waals surface area contributed by atoms with Gasteiger partial charge in [0.2, 0.25) is 0 Å². The van der Waals surface area contributed by atoms with E-state index < -0.39 is 17.9 Å². The molecule has 0 spiro atoms. The quantitative estimate of drug-likeness (QED) is 0.419. The first-order valence-electron chi connectivity index (χ1n) is 3.33. The predicted octanol–water partition coefficient (Wildman–Crippen LogP) is 0.0552. The van der Waals surface area contributed by atoms with Crippen LogP contribution in [0.4, 0.5) is 0 Å². The van der Waals surface area contributed by atoms with Gasteiger partial charge in [0, 0.05) is 6.42 Å². The Kier molecular flexibility index (Phi) is 2.03. The molecule has 11 heavy (non-hydrogen) atoms. The number of rotatable bonds is 2. The Balaban J connectivity index is 2.53. The topological polar surface area (TPSA) is 60.4 Å². The Morgan fingerprint density at radius 3 is 2.64 bits per heavy atom. The van der Waals surface area contributed by atoms with Gasteiger partial charge in [0.1, 0.15) is 5.78 Å². The fourth-order valence-electron chi connectivity index (χ4n) is 1.02. The van der Waals surface area contributed by atoms with E-state index in [4.69, 9.17) is 0 Å². The second-order valence-corrected chi connectivity index (χ2v) is 2.60. The second-order valence-electron chi connectivity index (χ2n) is 2.60. The molecule has 0 saturated carbocycles. The Morgan fingerprint density at radius 2 is 2.27 bits per heavy atom. The first-order chi connectivity index (χ1) is 5.09. The molecule has 1 atom stereocenters. The molecule has 0 aromatic carbocycles. The lowest BCUT2D eigenvalue weighted by Gasteiger charge is -1.97. The van der Waals surface area contributed by atoms with Crippen LogP contribution in [0, 0.1) is 5.92 Å². The van der Waals surface area contributed by atoms with E-state index in [0.717, 1.165) is 0 Å². The molecule has 1 fully saturated rings. The van der Waals surface area contributed by atoms with Crippen molar-refractivity contribution in [2.45, 2.75) is 19.8 Å². The van der Waals surface area contributed by atoms with Gasteiger partial charge in [0.15, 0.2) is 0 Å². The predicted molar refractivity (Wildman–Crippen MR) is 34.5 cm³/mol. The van der Waals surface area contributed by atoms with Gasteiger partial charge in [0.05, 0.1) is 12.3 Å². The minimum atomic E-state index is -0.565. The maximum absolute atomic E-state index is 10.7. The van der Waals surface area contributed by atoms with Crippen LogP contribution in [0.3, 0.4) is 0 Å². The largest absolute Gasteiger partial charge is 0.393 e. The third-order valence-corrected chi connectivity index (χ3v) is 1.49. The molecule has 1 unspecified atom stereocenters. The number of esters is 2. The van der Waals surface area contributed by atoms with Crippen LogP contribution < -0.4 is 0 Å². The minimum absolute atomic E-state index is 0.0540. The van der Waals surface area contributed by atoms with Gasteiger partial charge in [-0.05, 0) is 6.92 Å². The van der Waals surface area contributed by atoms with E-state index in [2.05, 4.69) is 4.74 Å². The lowest BCUT2D eigenvalue weighted by molar-refractivity contribution is -0.153. The standard InChI is InChI=1S/C7H8O4/c1-4(8)2-5-3-6(9)11-7(5)10/h5H,2-3H2,1H3. The minimum Gasteiger partial charge on any atom is -0.393 e. The van der Waals surface area contributed by atoms with Crippen molar-refractivity contribution in [3.8, 4) is 0 Å². The van der Waals surface area contributed by atoms with Gasteiger partial charge in [-0.2, -0.15) is 0 Å². The van der Waals surface area contributed by atoms with Crippen LogP contribution in [0.5, 0.6) is 0 Å². The molecule has 0 N–H and O–H groups in total. The van der Waals surface area contributed by atoms with Crippen LogP contribution in [0.1, 0.15) is 19.8 Å². The zero-order valence-corrected chi connectivity index (χ0v) is 6.12. The van der Waals surface area contributed by atoms with Crippen LogP contribution >= 0.6 is 0 Å². The third-order valence-electron chi connectivity index (χ3n) is 1.49. The maximum atomic E-state index is 10.7. The van der Waals surface area contributed by atoms with Crippen molar-refractivity contribution in [3.63, 3.8) is 0 Å². The van der Waals surface area contributed by atoms with Gasteiger partial charge in [-0.15, -0.1) is 0 Å². The lowest BCUT2D eigenvalue weighted by atomic mass is 10.0. The Hall–Kier alpha value is -1.19. The first kappa shape index (κ1) is 7.91. The number of hydrogen-bond acceptors (Lipinski definition) is 4. The normalized spacial score (nSPS) is 23.5. The number of carbonyl (C=O) groups excluding carboxylic acids is 3. The van der Waals surface area contributed by atoms with E-state index in [-0.39, 0.29) is 18.6 Å². The Labute approximate surface area is 63.5 Å². The van der Waals surface area contributed by atoms with Crippen molar-refractivity contribution in [2.24, 2.45) is 5.92 Å². The van der Waals surface area contributed by atoms with Crippen molar-refractivity contribution in [3.05, 3.63) is 0 Å². The summed E-state index contributed by atoms with van der Waals surface area (Å²) in [7, 11) is 0. The molecular formula is C7H8O4. The summed E-state index contributed by atoms with van der Waals surface area (Å²) in [5.74, 6) is -1.71. The SMILES string of the molecule is CC(=O)CC1CC(=O)OC1=O. The number of ether oxygens (including phenoxy) is 1. The highest BCUT2D eigenvalue weighted by molar-refractivity contribution is 5.96. The molecule has 1 saturated heterocycles. The van der Waals surface area contributed by atoms with E-state index in [1.165, 1.54) is 6.92 Å². The fraction of sp³-hybridized carbons (Fsp3) is 0.571. The molecule has 60 valence electrons. The van der Waals surface area contributed by atoms with Gasteiger partial charge < -0.3 is 9.53 Å². The molecule has 1 rings (SSSR count). The molecule has 0 aromatic rings. The van der Waals surface area contributed by atoms with Crippen molar-refractivity contribution in [1.82, 2.24) is 0 Å². The smallest absolute Gasteiger partial charge is 0.317 e. The van der Waals surface area contributed by atoms with Crippen LogP contribution in [0.2, 0.25) is 0 Å². The van der Waals surface area contributed by atoms with Gasteiger partial charge in [-0.25, -0.2) is 0 Å². The van der Waals surface area contributed by atoms with Crippen molar-refractivity contribution >= 4 is 17.7 Å². The average molecular weight is 156 g/mol. The second kappa shape index (κ2) is 2.82. The average Bonchev–Trinajstić information content (AvgIpc) is 2.09. The summed E-state index contributed by atoms with van der Waals surface area (Å²) in [5.41, 5.74) is 0. The fourth-order valence-corrected chi connectivity index (χ4v) is 1.02. The van der Waals surface area contributed by atoms with E-state index in [0.29, 0.717) is 0 Å². The third kappa shape index (κ3) is 1.86. The molecule has 1 heterocycles. The molecule has 0 aromatic heterocycles. The summed E-state index contributed by atoms with van der Waals surface area (Å²) < 4.78 is 4.24. The Bertz CT molecular complexity index is 218. The molecule has 4 nitrogen and oxygen atoms in total. The van der Waals surface area contributed by atoms with Crippen LogP contribution in [-0.2, 0) is 19.1 Å². The number of cyclic esters (lactones) is 2. The monoisotopic (exact) mass is 156 g/mol. The number of hydrogen-bond donors (Lipinski definition) is 0. The van der Waals surface area contributed by atoms with Gasteiger partial charge in [0.25, 0.3) is 0 Å². The Morgan fingerprint density at radius 1 is 1.64 bits per heavy atom. The first-order valence-corrected chi connectivity index (χ1v) is 3.33. The van der Waals surface area contributed by atoms with Crippen molar-refractivity contribution in [1.29, 1.82) is 0 Å². The molecule has 1 aliphatic heterocycles. The van der Waals surface area contributed by atoms with Crippen LogP contribution in [0.25, 0.3) is 0 Å². The summed E-state index contributed by atoms with van der Waals surface area (Å²) in [6.45, 7) is 1.38. The highest BCUT2D eigenvalue weighted by atomic mass is 16.6. The molecule has 0 radical (unpaired) electrons.